The van der Waals surface area contributed by atoms with Crippen LogP contribution in [0.25, 0.3) is 0 Å². The smallest absolute Gasteiger partial charge is 0.123 e. The summed E-state index contributed by atoms with van der Waals surface area (Å²) in [7, 11) is 0. The minimum absolute atomic E-state index is 0.348. The highest BCUT2D eigenvalue weighted by Crippen LogP contribution is 2.27. The predicted octanol–water partition coefficient (Wildman–Crippen LogP) is 4.69. The zero-order chi connectivity index (χ0) is 13.4. The van der Waals surface area contributed by atoms with Gasteiger partial charge in [0.1, 0.15) is 11.5 Å². The van der Waals surface area contributed by atoms with E-state index in [1.165, 1.54) is 19.3 Å². The van der Waals surface area contributed by atoms with Crippen LogP contribution in [0.2, 0.25) is 0 Å². The molecule has 0 bridgehead atoms. The van der Waals surface area contributed by atoms with E-state index in [9.17, 15) is 5.11 Å². The predicted molar refractivity (Wildman–Crippen MR) is 76.3 cm³/mol. The number of aromatic hydroxyl groups is 1. The Morgan fingerprint density at radius 3 is 2.39 bits per heavy atom. The fraction of sp³-hybridized carbons (Fsp3) is 0.625. The molecule has 0 atom stereocenters. The fourth-order valence-corrected chi connectivity index (χ4v) is 2.29. The summed E-state index contributed by atoms with van der Waals surface area (Å²) in [5.41, 5.74) is 0.982. The third kappa shape index (κ3) is 4.25. The van der Waals surface area contributed by atoms with Gasteiger partial charge in [-0.1, -0.05) is 33.3 Å². The van der Waals surface area contributed by atoms with Crippen molar-refractivity contribution in [3.05, 3.63) is 23.8 Å². The van der Waals surface area contributed by atoms with E-state index in [0.717, 1.165) is 30.6 Å². The molecule has 0 unspecified atom stereocenters. The maximum atomic E-state index is 9.74. The summed E-state index contributed by atoms with van der Waals surface area (Å²) in [5.74, 6) is 1.16. The van der Waals surface area contributed by atoms with Gasteiger partial charge in [-0.05, 0) is 43.7 Å². The third-order valence-electron chi connectivity index (χ3n) is 3.29. The van der Waals surface area contributed by atoms with E-state index < -0.39 is 0 Å². The second-order valence-corrected chi connectivity index (χ2v) is 4.52. The van der Waals surface area contributed by atoms with Crippen LogP contribution in [0.4, 0.5) is 0 Å². The van der Waals surface area contributed by atoms with E-state index in [0.29, 0.717) is 11.9 Å². The van der Waals surface area contributed by atoms with Gasteiger partial charge in [0.05, 0.1) is 6.10 Å². The molecule has 1 saturated carbocycles. The van der Waals surface area contributed by atoms with Crippen molar-refractivity contribution in [3.63, 3.8) is 0 Å². The molecule has 2 nitrogen and oxygen atoms in total. The van der Waals surface area contributed by atoms with Crippen molar-refractivity contribution in [2.45, 2.75) is 65.4 Å². The first-order valence-electron chi connectivity index (χ1n) is 7.28. The molecule has 0 spiro atoms. The molecule has 0 aliphatic heterocycles. The average Bonchev–Trinajstić information content (AvgIpc) is 2.42. The van der Waals surface area contributed by atoms with Crippen molar-refractivity contribution in [2.24, 2.45) is 0 Å². The van der Waals surface area contributed by atoms with Crippen LogP contribution in [0.5, 0.6) is 11.5 Å². The zero-order valence-corrected chi connectivity index (χ0v) is 11.9. The number of phenols is 1. The van der Waals surface area contributed by atoms with Crippen molar-refractivity contribution >= 4 is 0 Å². The van der Waals surface area contributed by atoms with Gasteiger partial charge in [0.15, 0.2) is 0 Å². The number of ether oxygens (including phenoxy) is 1. The maximum absolute atomic E-state index is 9.74. The summed E-state index contributed by atoms with van der Waals surface area (Å²) in [6.07, 6.45) is 7.37. The largest absolute Gasteiger partial charge is 0.508 e. The Morgan fingerprint density at radius 2 is 1.83 bits per heavy atom. The van der Waals surface area contributed by atoms with Crippen molar-refractivity contribution in [3.8, 4) is 11.5 Å². The second-order valence-electron chi connectivity index (χ2n) is 4.52. The first-order chi connectivity index (χ1) is 8.79. The van der Waals surface area contributed by atoms with Gasteiger partial charge in [-0.25, -0.2) is 0 Å². The Kier molecular flexibility index (Phi) is 6.63. The number of phenolic OH excluding ortho intramolecular Hbond substituents is 1. The third-order valence-corrected chi connectivity index (χ3v) is 3.29. The van der Waals surface area contributed by atoms with Gasteiger partial charge in [0.25, 0.3) is 0 Å². The monoisotopic (exact) mass is 250 g/mol. The molecule has 1 fully saturated rings. The lowest BCUT2D eigenvalue weighted by Gasteiger charge is -2.23. The molecule has 1 aliphatic rings. The Hall–Kier alpha value is -1.18. The molecule has 1 N–H and O–H groups in total. The molecule has 1 aliphatic carbocycles. The second kappa shape index (κ2) is 8.02. The zero-order valence-electron chi connectivity index (χ0n) is 11.9. The highest BCUT2D eigenvalue weighted by Gasteiger charge is 2.15. The summed E-state index contributed by atoms with van der Waals surface area (Å²) in [6, 6.07) is 5.66. The first-order valence-corrected chi connectivity index (χ1v) is 7.28. The quantitative estimate of drug-likeness (QED) is 0.843. The average molecular weight is 250 g/mol. The molecular weight excluding hydrogens is 224 g/mol. The fourth-order valence-electron chi connectivity index (χ4n) is 2.29. The van der Waals surface area contributed by atoms with Gasteiger partial charge in [0.2, 0.25) is 0 Å². The Morgan fingerprint density at radius 1 is 1.17 bits per heavy atom. The normalized spacial score (nSPS) is 15.7. The first kappa shape index (κ1) is 14.9. The number of rotatable bonds is 3. The number of benzene rings is 1. The lowest BCUT2D eigenvalue weighted by atomic mass is 9.98. The summed E-state index contributed by atoms with van der Waals surface area (Å²) in [4.78, 5) is 0. The highest BCUT2D eigenvalue weighted by molar-refractivity contribution is 5.39. The Labute approximate surface area is 111 Å². The van der Waals surface area contributed by atoms with Crippen LogP contribution in [0.1, 0.15) is 58.4 Å². The number of hydrogen-bond acceptors (Lipinski definition) is 2. The van der Waals surface area contributed by atoms with Crippen molar-refractivity contribution in [1.29, 1.82) is 0 Å². The van der Waals surface area contributed by atoms with Crippen LogP contribution in [0.15, 0.2) is 18.2 Å². The Balaban J connectivity index is 0.000000771. The maximum Gasteiger partial charge on any atom is 0.123 e. The van der Waals surface area contributed by atoms with Crippen LogP contribution in [-0.2, 0) is 6.42 Å². The topological polar surface area (TPSA) is 29.5 Å². The molecule has 0 amide bonds. The SMILES string of the molecule is CC.CCc1ccc(OC2CCCCC2)cc1O. The standard InChI is InChI=1S/C14H20O2.C2H6/c1-2-11-8-9-13(10-14(11)15)16-12-6-4-3-5-7-12;1-2/h8-10,12,15H,2-7H2,1H3;1-2H3. The van der Waals surface area contributed by atoms with Gasteiger partial charge in [-0.15, -0.1) is 0 Å². The van der Waals surface area contributed by atoms with Gasteiger partial charge in [-0.3, -0.25) is 0 Å². The molecule has 2 rings (SSSR count). The molecule has 1 aromatic rings. The minimum atomic E-state index is 0.348. The van der Waals surface area contributed by atoms with E-state index in [2.05, 4.69) is 0 Å². The van der Waals surface area contributed by atoms with E-state index >= 15 is 0 Å². The van der Waals surface area contributed by atoms with E-state index in [1.54, 1.807) is 6.07 Å². The van der Waals surface area contributed by atoms with Gasteiger partial charge >= 0.3 is 0 Å². The van der Waals surface area contributed by atoms with Crippen LogP contribution in [-0.4, -0.2) is 11.2 Å². The molecule has 2 heteroatoms. The molecule has 0 aromatic heterocycles. The van der Waals surface area contributed by atoms with E-state index in [1.807, 2.05) is 32.9 Å². The van der Waals surface area contributed by atoms with Crippen molar-refractivity contribution in [2.75, 3.05) is 0 Å². The summed E-state index contributed by atoms with van der Waals surface area (Å²) < 4.78 is 5.88. The van der Waals surface area contributed by atoms with Gasteiger partial charge in [0, 0.05) is 6.07 Å². The van der Waals surface area contributed by atoms with Gasteiger partial charge in [-0.2, -0.15) is 0 Å². The minimum Gasteiger partial charge on any atom is -0.508 e. The van der Waals surface area contributed by atoms with Crippen molar-refractivity contribution in [1.82, 2.24) is 0 Å². The molecule has 18 heavy (non-hydrogen) atoms. The lowest BCUT2D eigenvalue weighted by molar-refractivity contribution is 0.154. The van der Waals surface area contributed by atoms with E-state index in [4.69, 9.17) is 4.74 Å². The molecule has 0 saturated heterocycles. The van der Waals surface area contributed by atoms with Crippen LogP contribution in [0, 0.1) is 0 Å². The van der Waals surface area contributed by atoms with E-state index in [-0.39, 0.29) is 0 Å². The molecule has 0 heterocycles. The summed E-state index contributed by atoms with van der Waals surface area (Å²) in [6.45, 7) is 6.04. The molecule has 0 radical (unpaired) electrons. The molecular formula is C16H26O2. The van der Waals surface area contributed by atoms with Crippen molar-refractivity contribution < 1.29 is 9.84 Å². The number of aryl methyl sites for hydroxylation is 1. The lowest BCUT2D eigenvalue weighted by Crippen LogP contribution is -2.19. The van der Waals surface area contributed by atoms with Crippen LogP contribution >= 0.6 is 0 Å². The summed E-state index contributed by atoms with van der Waals surface area (Å²) >= 11 is 0. The van der Waals surface area contributed by atoms with Crippen LogP contribution in [0.3, 0.4) is 0 Å². The summed E-state index contributed by atoms with van der Waals surface area (Å²) in [5, 5.41) is 9.74. The molecule has 102 valence electrons. The van der Waals surface area contributed by atoms with Crippen LogP contribution < -0.4 is 4.74 Å². The highest BCUT2D eigenvalue weighted by atomic mass is 16.5. The van der Waals surface area contributed by atoms with Gasteiger partial charge < -0.3 is 9.84 Å². The Bertz CT molecular complexity index is 341. The molecule has 1 aromatic carbocycles. The number of hydrogen-bond donors (Lipinski definition) is 1.